The van der Waals surface area contributed by atoms with Crippen LogP contribution in [0, 0.1) is 5.41 Å². The number of furan rings is 1. The Morgan fingerprint density at radius 3 is 2.61 bits per heavy atom. The van der Waals surface area contributed by atoms with Gasteiger partial charge in [0.05, 0.1) is 0 Å². The van der Waals surface area contributed by atoms with Gasteiger partial charge in [-0.2, -0.15) is 0 Å². The van der Waals surface area contributed by atoms with E-state index in [1.54, 1.807) is 12.1 Å². The molecule has 1 atom stereocenters. The smallest absolute Gasteiger partial charge is 0.284 e. The van der Waals surface area contributed by atoms with E-state index in [2.05, 4.69) is 43.3 Å². The van der Waals surface area contributed by atoms with Crippen molar-refractivity contribution in [3.05, 3.63) is 23.7 Å². The number of hydrogen-bond donors (Lipinski definition) is 3. The summed E-state index contributed by atoms with van der Waals surface area (Å²) in [6.45, 7) is 12.0. The molecule has 1 rings (SSSR count). The third-order valence-corrected chi connectivity index (χ3v) is 3.35. The molecule has 1 aromatic rings. The molecule has 0 aliphatic heterocycles. The molecule has 1 amide bonds. The second kappa shape index (κ2) is 8.60. The Kier molecular flexibility index (Phi) is 7.13. The number of guanidine groups is 1. The highest BCUT2D eigenvalue weighted by molar-refractivity contribution is 5.89. The molecular formula is C17H30N4O2. The summed E-state index contributed by atoms with van der Waals surface area (Å²) >= 11 is 0. The lowest BCUT2D eigenvalue weighted by molar-refractivity contribution is 0.0972. The van der Waals surface area contributed by atoms with Gasteiger partial charge < -0.3 is 20.8 Å². The molecule has 0 saturated carbocycles. The molecule has 6 heteroatoms. The fourth-order valence-electron chi connectivity index (χ4n) is 2.03. The summed E-state index contributed by atoms with van der Waals surface area (Å²) in [4.78, 5) is 15.5. The molecule has 1 heterocycles. The minimum absolute atomic E-state index is 0.159. The Morgan fingerprint density at radius 1 is 1.39 bits per heavy atom. The fraction of sp³-hybridized carbons (Fsp3) is 0.647. The van der Waals surface area contributed by atoms with E-state index in [-0.39, 0.29) is 5.76 Å². The maximum atomic E-state index is 11.0. The van der Waals surface area contributed by atoms with Gasteiger partial charge in [-0.05, 0) is 44.2 Å². The van der Waals surface area contributed by atoms with Crippen molar-refractivity contribution in [2.45, 2.75) is 60.0 Å². The second-order valence-electron chi connectivity index (χ2n) is 6.97. The Bertz CT molecular complexity index is 529. The summed E-state index contributed by atoms with van der Waals surface area (Å²) in [5.74, 6) is 0.942. The molecule has 23 heavy (non-hydrogen) atoms. The van der Waals surface area contributed by atoms with Crippen molar-refractivity contribution in [1.29, 1.82) is 0 Å². The lowest BCUT2D eigenvalue weighted by Gasteiger charge is -2.23. The lowest BCUT2D eigenvalue weighted by Crippen LogP contribution is -2.42. The van der Waals surface area contributed by atoms with Crippen molar-refractivity contribution in [2.75, 3.05) is 6.54 Å². The molecule has 0 saturated heterocycles. The van der Waals surface area contributed by atoms with Gasteiger partial charge in [-0.25, -0.2) is 4.99 Å². The van der Waals surface area contributed by atoms with Crippen molar-refractivity contribution in [3.8, 4) is 0 Å². The van der Waals surface area contributed by atoms with E-state index in [0.717, 1.165) is 25.3 Å². The zero-order valence-corrected chi connectivity index (χ0v) is 14.9. The third kappa shape index (κ3) is 7.72. The van der Waals surface area contributed by atoms with Crippen LogP contribution in [0.2, 0.25) is 0 Å². The third-order valence-electron chi connectivity index (χ3n) is 3.35. The van der Waals surface area contributed by atoms with E-state index < -0.39 is 5.91 Å². The quantitative estimate of drug-likeness (QED) is 0.531. The molecule has 6 nitrogen and oxygen atoms in total. The Labute approximate surface area is 138 Å². The van der Waals surface area contributed by atoms with Crippen LogP contribution in [-0.2, 0) is 6.54 Å². The van der Waals surface area contributed by atoms with Gasteiger partial charge in [0.15, 0.2) is 11.7 Å². The minimum Gasteiger partial charge on any atom is -0.454 e. The number of nitrogens with one attached hydrogen (secondary N) is 2. The van der Waals surface area contributed by atoms with E-state index in [0.29, 0.717) is 23.8 Å². The largest absolute Gasteiger partial charge is 0.454 e. The van der Waals surface area contributed by atoms with E-state index in [9.17, 15) is 4.79 Å². The molecule has 1 aromatic heterocycles. The van der Waals surface area contributed by atoms with Crippen LogP contribution in [0.1, 0.15) is 63.8 Å². The maximum Gasteiger partial charge on any atom is 0.284 e. The zero-order valence-electron chi connectivity index (χ0n) is 14.9. The summed E-state index contributed by atoms with van der Waals surface area (Å²) < 4.78 is 5.33. The van der Waals surface area contributed by atoms with Gasteiger partial charge in [-0.1, -0.05) is 20.8 Å². The molecular weight excluding hydrogens is 292 g/mol. The van der Waals surface area contributed by atoms with Crippen molar-refractivity contribution in [2.24, 2.45) is 16.1 Å². The lowest BCUT2D eigenvalue weighted by atomic mass is 9.89. The number of hydrogen-bond acceptors (Lipinski definition) is 3. The first-order valence-corrected chi connectivity index (χ1v) is 8.14. The zero-order chi connectivity index (χ0) is 17.5. The summed E-state index contributed by atoms with van der Waals surface area (Å²) in [5.41, 5.74) is 5.50. The Morgan fingerprint density at radius 2 is 2.09 bits per heavy atom. The van der Waals surface area contributed by atoms with Crippen LogP contribution in [-0.4, -0.2) is 24.5 Å². The number of rotatable bonds is 7. The summed E-state index contributed by atoms with van der Waals surface area (Å²) in [6.07, 6.45) is 2.21. The van der Waals surface area contributed by atoms with Crippen LogP contribution in [0.25, 0.3) is 0 Å². The van der Waals surface area contributed by atoms with E-state index in [4.69, 9.17) is 10.2 Å². The Balaban J connectivity index is 2.59. The number of carbonyl (C=O) groups is 1. The first-order valence-electron chi connectivity index (χ1n) is 8.14. The van der Waals surface area contributed by atoms with E-state index in [1.165, 1.54) is 0 Å². The number of amides is 1. The molecule has 0 spiro atoms. The standard InChI is InChI=1S/C17H30N4O2/c1-6-19-16(21-12(2)9-10-17(3,4)5)20-11-13-7-8-14(23-13)15(18)22/h7-8,12H,6,9-11H2,1-5H3,(H2,18,22)(H2,19,20,21). The van der Waals surface area contributed by atoms with Crippen LogP contribution in [0.5, 0.6) is 0 Å². The first-order chi connectivity index (χ1) is 10.7. The summed E-state index contributed by atoms with van der Waals surface area (Å²) in [5, 5.41) is 6.61. The predicted octanol–water partition coefficient (Wildman–Crippen LogP) is 2.65. The summed E-state index contributed by atoms with van der Waals surface area (Å²) in [7, 11) is 0. The normalized spacial score (nSPS) is 13.7. The number of nitrogens with two attached hydrogens (primary N) is 1. The van der Waals surface area contributed by atoms with Crippen molar-refractivity contribution in [3.63, 3.8) is 0 Å². The minimum atomic E-state index is -0.568. The summed E-state index contributed by atoms with van der Waals surface area (Å²) in [6, 6.07) is 3.61. The average molecular weight is 322 g/mol. The van der Waals surface area contributed by atoms with Crippen LogP contribution in [0.4, 0.5) is 0 Å². The van der Waals surface area contributed by atoms with Gasteiger partial charge in [0, 0.05) is 12.6 Å². The van der Waals surface area contributed by atoms with Gasteiger partial charge >= 0.3 is 0 Å². The highest BCUT2D eigenvalue weighted by atomic mass is 16.3. The van der Waals surface area contributed by atoms with E-state index in [1.807, 2.05) is 6.92 Å². The number of primary amides is 1. The predicted molar refractivity (Wildman–Crippen MR) is 93.3 cm³/mol. The van der Waals surface area contributed by atoms with Crippen molar-refractivity contribution >= 4 is 11.9 Å². The van der Waals surface area contributed by atoms with Crippen LogP contribution < -0.4 is 16.4 Å². The molecule has 130 valence electrons. The molecule has 1 unspecified atom stereocenters. The fourth-order valence-corrected chi connectivity index (χ4v) is 2.03. The van der Waals surface area contributed by atoms with Crippen LogP contribution in [0.3, 0.4) is 0 Å². The van der Waals surface area contributed by atoms with Gasteiger partial charge in [0.2, 0.25) is 0 Å². The van der Waals surface area contributed by atoms with Crippen LogP contribution in [0.15, 0.2) is 21.5 Å². The first kappa shape index (κ1) is 19.1. The van der Waals surface area contributed by atoms with Crippen molar-refractivity contribution in [1.82, 2.24) is 10.6 Å². The topological polar surface area (TPSA) is 92.6 Å². The molecule has 0 aliphatic carbocycles. The Hall–Kier alpha value is -1.98. The monoisotopic (exact) mass is 322 g/mol. The molecule has 0 aromatic carbocycles. The maximum absolute atomic E-state index is 11.0. The van der Waals surface area contributed by atoms with Crippen LogP contribution >= 0.6 is 0 Å². The highest BCUT2D eigenvalue weighted by Gasteiger charge is 2.13. The molecule has 0 bridgehead atoms. The van der Waals surface area contributed by atoms with Crippen molar-refractivity contribution < 1.29 is 9.21 Å². The molecule has 0 aliphatic rings. The molecule has 4 N–H and O–H groups in total. The highest BCUT2D eigenvalue weighted by Crippen LogP contribution is 2.21. The molecule has 0 fully saturated rings. The van der Waals surface area contributed by atoms with Gasteiger partial charge in [0.25, 0.3) is 5.91 Å². The number of aliphatic imine (C=N–C) groups is 1. The van der Waals surface area contributed by atoms with E-state index >= 15 is 0 Å². The average Bonchev–Trinajstić information content (AvgIpc) is 2.91. The number of carbonyl (C=O) groups excluding carboxylic acids is 1. The molecule has 0 radical (unpaired) electrons. The second-order valence-corrected chi connectivity index (χ2v) is 6.97. The van der Waals surface area contributed by atoms with Gasteiger partial charge in [-0.3, -0.25) is 4.79 Å². The SMILES string of the molecule is CCNC(=NCc1ccc(C(N)=O)o1)NC(C)CCC(C)(C)C. The number of nitrogens with zero attached hydrogens (tertiary/aromatic N) is 1. The van der Waals surface area contributed by atoms with Gasteiger partial charge in [-0.15, -0.1) is 0 Å². The van der Waals surface area contributed by atoms with Gasteiger partial charge in [0.1, 0.15) is 12.3 Å².